The molecule has 2 unspecified atom stereocenters. The van der Waals surface area contributed by atoms with Crippen molar-refractivity contribution < 1.29 is 32.6 Å². The maximum atomic E-state index is 12.4. The number of amides is 1. The number of nitrogens with zero attached hydrogens (tertiary/aromatic N) is 1. The molecule has 0 aromatic heterocycles. The molecule has 1 heterocycles. The maximum Gasteiger partial charge on any atom is 0.471 e. The van der Waals surface area contributed by atoms with Gasteiger partial charge in [-0.1, -0.05) is 6.92 Å². The molecule has 110 valence electrons. The molecule has 0 saturated carbocycles. The summed E-state index contributed by atoms with van der Waals surface area (Å²) in [5.74, 6) is -4.32. The van der Waals surface area contributed by atoms with Gasteiger partial charge < -0.3 is 14.7 Å². The molecule has 1 aliphatic rings. The van der Waals surface area contributed by atoms with E-state index in [4.69, 9.17) is 9.84 Å². The van der Waals surface area contributed by atoms with Gasteiger partial charge >= 0.3 is 18.1 Å². The van der Waals surface area contributed by atoms with Crippen molar-refractivity contribution in [3.05, 3.63) is 0 Å². The van der Waals surface area contributed by atoms with Crippen LogP contribution >= 0.6 is 0 Å². The van der Waals surface area contributed by atoms with Crippen molar-refractivity contribution >= 4 is 11.9 Å². The summed E-state index contributed by atoms with van der Waals surface area (Å²) >= 11 is 0. The molecule has 1 N–H and O–H groups in total. The number of alkyl halides is 3. The van der Waals surface area contributed by atoms with Gasteiger partial charge in [0.05, 0.1) is 12.0 Å². The zero-order valence-electron chi connectivity index (χ0n) is 10.4. The lowest BCUT2D eigenvalue weighted by Crippen LogP contribution is -2.47. The zero-order chi connectivity index (χ0) is 14.6. The summed E-state index contributed by atoms with van der Waals surface area (Å²) in [5.41, 5.74) is 0. The van der Waals surface area contributed by atoms with Crippen molar-refractivity contribution in [1.29, 1.82) is 0 Å². The highest BCUT2D eigenvalue weighted by Gasteiger charge is 2.43. The van der Waals surface area contributed by atoms with Gasteiger partial charge in [-0.15, -0.1) is 0 Å². The molecule has 1 aliphatic heterocycles. The average molecular weight is 283 g/mol. The Labute approximate surface area is 108 Å². The van der Waals surface area contributed by atoms with Gasteiger partial charge in [-0.2, -0.15) is 13.2 Å². The second kappa shape index (κ2) is 6.23. The Morgan fingerprint density at radius 3 is 2.53 bits per heavy atom. The summed E-state index contributed by atoms with van der Waals surface area (Å²) in [5, 5.41) is 8.73. The van der Waals surface area contributed by atoms with E-state index in [1.165, 1.54) is 6.92 Å². The van der Waals surface area contributed by atoms with E-state index in [1.54, 1.807) is 0 Å². The molecule has 5 nitrogen and oxygen atoms in total. The summed E-state index contributed by atoms with van der Waals surface area (Å²) in [7, 11) is 0. The van der Waals surface area contributed by atoms with Gasteiger partial charge in [-0.25, -0.2) is 0 Å². The number of carboxylic acids is 1. The molecule has 0 radical (unpaired) electrons. The number of hydrogen-bond acceptors (Lipinski definition) is 3. The van der Waals surface area contributed by atoms with E-state index in [2.05, 4.69) is 0 Å². The molecule has 1 amide bonds. The average Bonchev–Trinajstić information content (AvgIpc) is 2.78. The third kappa shape index (κ3) is 4.70. The molecule has 19 heavy (non-hydrogen) atoms. The number of rotatable bonds is 5. The molecule has 8 heteroatoms. The van der Waals surface area contributed by atoms with E-state index >= 15 is 0 Å². The van der Waals surface area contributed by atoms with E-state index in [9.17, 15) is 22.8 Å². The second-order valence-corrected chi connectivity index (χ2v) is 4.58. The Hall–Kier alpha value is -1.31. The lowest BCUT2D eigenvalue weighted by Gasteiger charge is -2.27. The second-order valence-electron chi connectivity index (χ2n) is 4.58. The van der Waals surface area contributed by atoms with Gasteiger partial charge in [0.15, 0.2) is 0 Å². The van der Waals surface area contributed by atoms with Crippen LogP contribution in [0.1, 0.15) is 19.8 Å². The highest BCUT2D eigenvalue weighted by molar-refractivity contribution is 5.82. The summed E-state index contributed by atoms with van der Waals surface area (Å²) in [4.78, 5) is 22.5. The topological polar surface area (TPSA) is 66.8 Å². The van der Waals surface area contributed by atoms with Crippen LogP contribution in [0.3, 0.4) is 0 Å². The van der Waals surface area contributed by atoms with Crippen LogP contribution in [0.2, 0.25) is 0 Å². The highest BCUT2D eigenvalue weighted by Crippen LogP contribution is 2.22. The number of halogens is 3. The Morgan fingerprint density at radius 1 is 1.47 bits per heavy atom. The van der Waals surface area contributed by atoms with Crippen LogP contribution in [0.4, 0.5) is 13.2 Å². The monoisotopic (exact) mass is 283 g/mol. The smallest absolute Gasteiger partial charge is 0.471 e. The van der Waals surface area contributed by atoms with Crippen molar-refractivity contribution in [3.63, 3.8) is 0 Å². The van der Waals surface area contributed by atoms with Gasteiger partial charge in [0.1, 0.15) is 0 Å². The van der Waals surface area contributed by atoms with E-state index in [0.717, 1.165) is 6.42 Å². The minimum absolute atomic E-state index is 0.226. The molecule has 0 bridgehead atoms. The Bertz CT molecular complexity index is 339. The minimum atomic E-state index is -5.00. The lowest BCUT2D eigenvalue weighted by atomic mass is 10.1. The first kappa shape index (κ1) is 15.7. The summed E-state index contributed by atoms with van der Waals surface area (Å²) in [6, 6.07) is 0. The van der Waals surface area contributed by atoms with Crippen molar-refractivity contribution in [2.45, 2.75) is 32.0 Å². The van der Waals surface area contributed by atoms with Crippen molar-refractivity contribution in [2.24, 2.45) is 5.92 Å². The molecule has 1 rings (SSSR count). The molecule has 0 aromatic rings. The Morgan fingerprint density at radius 2 is 2.11 bits per heavy atom. The fourth-order valence-corrected chi connectivity index (χ4v) is 1.86. The van der Waals surface area contributed by atoms with Gasteiger partial charge in [-0.3, -0.25) is 9.59 Å². The largest absolute Gasteiger partial charge is 0.481 e. The molecule has 0 aliphatic carbocycles. The summed E-state index contributed by atoms with van der Waals surface area (Å²) in [6.45, 7) is 1.01. The number of aliphatic carboxylic acids is 1. The normalized spacial score (nSPS) is 21.2. The first-order chi connectivity index (χ1) is 8.71. The standard InChI is InChI=1S/C11H16F3NO4/c1-7(9(16)17)5-15(10(18)11(12,13)14)6-8-3-2-4-19-8/h7-8H,2-6H2,1H3,(H,16,17). The van der Waals surface area contributed by atoms with Gasteiger partial charge in [0.25, 0.3) is 0 Å². The molecule has 1 fully saturated rings. The zero-order valence-corrected chi connectivity index (χ0v) is 10.4. The predicted molar refractivity (Wildman–Crippen MR) is 58.4 cm³/mol. The molecular weight excluding hydrogens is 267 g/mol. The summed E-state index contributed by atoms with van der Waals surface area (Å²) < 4.78 is 42.5. The lowest BCUT2D eigenvalue weighted by molar-refractivity contribution is -0.187. The number of hydrogen-bond donors (Lipinski definition) is 1. The molecule has 1 saturated heterocycles. The van der Waals surface area contributed by atoms with Crippen LogP contribution in [0, 0.1) is 5.92 Å². The van der Waals surface area contributed by atoms with Crippen LogP contribution in [0.15, 0.2) is 0 Å². The van der Waals surface area contributed by atoms with Gasteiger partial charge in [0.2, 0.25) is 0 Å². The minimum Gasteiger partial charge on any atom is -0.481 e. The highest BCUT2D eigenvalue weighted by atomic mass is 19.4. The molecule has 0 spiro atoms. The van der Waals surface area contributed by atoms with E-state index in [1.807, 2.05) is 0 Å². The van der Waals surface area contributed by atoms with Crippen molar-refractivity contribution in [3.8, 4) is 0 Å². The fourth-order valence-electron chi connectivity index (χ4n) is 1.86. The van der Waals surface area contributed by atoms with Crippen LogP contribution in [0.25, 0.3) is 0 Å². The van der Waals surface area contributed by atoms with Gasteiger partial charge in [-0.05, 0) is 12.8 Å². The number of carbonyl (C=O) groups is 2. The van der Waals surface area contributed by atoms with Gasteiger partial charge in [0, 0.05) is 19.7 Å². The van der Waals surface area contributed by atoms with Crippen LogP contribution in [-0.4, -0.2) is 53.9 Å². The summed E-state index contributed by atoms with van der Waals surface area (Å²) in [6.07, 6.45) is -4.15. The molecule has 2 atom stereocenters. The first-order valence-corrected chi connectivity index (χ1v) is 5.92. The Kier molecular flexibility index (Phi) is 5.16. The number of ether oxygens (including phenoxy) is 1. The number of carbonyl (C=O) groups excluding carboxylic acids is 1. The van der Waals surface area contributed by atoms with E-state index in [-0.39, 0.29) is 6.54 Å². The molecular formula is C11H16F3NO4. The third-order valence-electron chi connectivity index (χ3n) is 2.89. The van der Waals surface area contributed by atoms with E-state index < -0.39 is 36.6 Å². The quantitative estimate of drug-likeness (QED) is 0.825. The van der Waals surface area contributed by atoms with E-state index in [0.29, 0.717) is 17.9 Å². The maximum absolute atomic E-state index is 12.4. The SMILES string of the molecule is CC(CN(CC1CCCO1)C(=O)C(F)(F)F)C(=O)O. The molecule has 0 aromatic carbocycles. The van der Waals surface area contributed by atoms with Crippen LogP contribution < -0.4 is 0 Å². The van der Waals surface area contributed by atoms with Crippen LogP contribution in [-0.2, 0) is 14.3 Å². The first-order valence-electron chi connectivity index (χ1n) is 5.92. The number of carboxylic acid groups (broad SMARTS) is 1. The third-order valence-corrected chi connectivity index (χ3v) is 2.89. The van der Waals surface area contributed by atoms with Crippen molar-refractivity contribution in [1.82, 2.24) is 4.90 Å². The van der Waals surface area contributed by atoms with Crippen LogP contribution in [0.5, 0.6) is 0 Å². The Balaban J connectivity index is 2.71. The van der Waals surface area contributed by atoms with Crippen molar-refractivity contribution in [2.75, 3.05) is 19.7 Å². The fraction of sp³-hybridized carbons (Fsp3) is 0.818. The predicted octanol–water partition coefficient (Wildman–Crippen LogP) is 1.28.